The molecule has 0 bridgehead atoms. The highest BCUT2D eigenvalue weighted by Crippen LogP contribution is 2.17. The molecule has 0 spiro atoms. The fourth-order valence-electron chi connectivity index (χ4n) is 2.22. The highest BCUT2D eigenvalue weighted by molar-refractivity contribution is 5.89. The average molecular weight is 288 g/mol. The van der Waals surface area contributed by atoms with Crippen LogP contribution in [0, 0.1) is 17.8 Å². The number of benzene rings is 1. The third-order valence-electron chi connectivity index (χ3n) is 3.56. The molecule has 0 aliphatic heterocycles. The second kappa shape index (κ2) is 9.20. The summed E-state index contributed by atoms with van der Waals surface area (Å²) in [7, 11) is 0. The first-order chi connectivity index (χ1) is 10.1. The Labute approximate surface area is 127 Å². The lowest BCUT2D eigenvalue weighted by molar-refractivity contribution is 0.0285. The van der Waals surface area contributed by atoms with Gasteiger partial charge in [-0.3, -0.25) is 0 Å². The maximum absolute atomic E-state index is 12.0. The van der Waals surface area contributed by atoms with Gasteiger partial charge in [-0.2, -0.15) is 0 Å². The number of carbonyl (C=O) groups is 1. The minimum atomic E-state index is -0.296. The van der Waals surface area contributed by atoms with Crippen molar-refractivity contribution in [1.29, 1.82) is 0 Å². The number of aliphatic hydroxyl groups is 1. The van der Waals surface area contributed by atoms with Crippen LogP contribution in [0.1, 0.15) is 56.0 Å². The summed E-state index contributed by atoms with van der Waals surface area (Å²) in [5, 5.41) is 8.63. The SMILES string of the molecule is CCC(CC)C[C@@H](C)OC(=O)c1ccc(C#CCO)cc1. The molecule has 0 amide bonds. The van der Waals surface area contributed by atoms with Crippen molar-refractivity contribution in [3.8, 4) is 11.8 Å². The van der Waals surface area contributed by atoms with Crippen LogP contribution in [0.5, 0.6) is 0 Å². The molecule has 0 fully saturated rings. The third kappa shape index (κ3) is 6.01. The van der Waals surface area contributed by atoms with Gasteiger partial charge in [-0.05, 0) is 43.5 Å². The smallest absolute Gasteiger partial charge is 0.338 e. The van der Waals surface area contributed by atoms with Crippen LogP contribution in [0.4, 0.5) is 0 Å². The van der Waals surface area contributed by atoms with Gasteiger partial charge in [0.25, 0.3) is 0 Å². The molecule has 3 heteroatoms. The Balaban J connectivity index is 2.59. The van der Waals surface area contributed by atoms with E-state index in [9.17, 15) is 4.79 Å². The molecule has 0 radical (unpaired) electrons. The number of carbonyl (C=O) groups excluding carboxylic acids is 1. The molecule has 0 saturated heterocycles. The third-order valence-corrected chi connectivity index (χ3v) is 3.56. The van der Waals surface area contributed by atoms with Crippen LogP contribution in [0.3, 0.4) is 0 Å². The van der Waals surface area contributed by atoms with Gasteiger partial charge in [0.1, 0.15) is 6.61 Å². The lowest BCUT2D eigenvalue weighted by atomic mass is 9.97. The van der Waals surface area contributed by atoms with E-state index in [1.807, 2.05) is 6.92 Å². The van der Waals surface area contributed by atoms with E-state index in [-0.39, 0.29) is 18.7 Å². The van der Waals surface area contributed by atoms with Crippen molar-refractivity contribution in [2.75, 3.05) is 6.61 Å². The minimum absolute atomic E-state index is 0.0729. The summed E-state index contributed by atoms with van der Waals surface area (Å²) in [4.78, 5) is 12.0. The normalized spacial score (nSPS) is 11.7. The predicted molar refractivity (Wildman–Crippen MR) is 84.0 cm³/mol. The summed E-state index contributed by atoms with van der Waals surface area (Å²) in [6.45, 7) is 6.10. The molecule has 1 aromatic carbocycles. The molecular weight excluding hydrogens is 264 g/mol. The van der Waals surface area contributed by atoms with Crippen molar-refractivity contribution in [1.82, 2.24) is 0 Å². The van der Waals surface area contributed by atoms with Crippen molar-refractivity contribution < 1.29 is 14.6 Å². The number of ether oxygens (including phenoxy) is 1. The Morgan fingerprint density at radius 3 is 2.38 bits per heavy atom. The number of hydrogen-bond donors (Lipinski definition) is 1. The van der Waals surface area contributed by atoms with Gasteiger partial charge in [0.15, 0.2) is 0 Å². The van der Waals surface area contributed by atoms with Crippen molar-refractivity contribution in [3.05, 3.63) is 35.4 Å². The molecule has 0 heterocycles. The molecule has 114 valence electrons. The second-order valence-electron chi connectivity index (χ2n) is 5.17. The fraction of sp³-hybridized carbons (Fsp3) is 0.500. The van der Waals surface area contributed by atoms with Gasteiger partial charge in [0.2, 0.25) is 0 Å². The Bertz CT molecular complexity index is 489. The van der Waals surface area contributed by atoms with Crippen LogP contribution in [-0.4, -0.2) is 23.8 Å². The summed E-state index contributed by atoms with van der Waals surface area (Å²) in [6.07, 6.45) is 3.04. The second-order valence-corrected chi connectivity index (χ2v) is 5.17. The van der Waals surface area contributed by atoms with Gasteiger partial charge in [0.05, 0.1) is 11.7 Å². The predicted octanol–water partition coefficient (Wildman–Crippen LogP) is 3.40. The maximum atomic E-state index is 12.0. The Morgan fingerprint density at radius 1 is 1.24 bits per heavy atom. The standard InChI is InChI=1S/C18H24O3/c1-4-15(5-2)13-14(3)21-18(20)17-10-8-16(9-11-17)7-6-12-19/h8-11,14-15,19H,4-5,12-13H2,1-3H3/t14-/m1/s1. The van der Waals surface area contributed by atoms with E-state index in [1.165, 1.54) is 0 Å². The molecule has 1 rings (SSSR count). The molecule has 0 aliphatic carbocycles. The quantitative estimate of drug-likeness (QED) is 0.644. The van der Waals surface area contributed by atoms with E-state index in [1.54, 1.807) is 24.3 Å². The topological polar surface area (TPSA) is 46.5 Å². The maximum Gasteiger partial charge on any atom is 0.338 e. The molecule has 1 aromatic rings. The van der Waals surface area contributed by atoms with Crippen LogP contribution in [0.15, 0.2) is 24.3 Å². The minimum Gasteiger partial charge on any atom is -0.459 e. The summed E-state index contributed by atoms with van der Waals surface area (Å²) in [5.41, 5.74) is 1.30. The molecular formula is C18H24O3. The zero-order valence-corrected chi connectivity index (χ0v) is 13.1. The highest BCUT2D eigenvalue weighted by atomic mass is 16.5. The summed E-state index contributed by atoms with van der Waals surface area (Å²) in [6, 6.07) is 6.91. The van der Waals surface area contributed by atoms with E-state index >= 15 is 0 Å². The Morgan fingerprint density at radius 2 is 1.86 bits per heavy atom. The van der Waals surface area contributed by atoms with Gasteiger partial charge < -0.3 is 9.84 Å². The lowest BCUT2D eigenvalue weighted by Gasteiger charge is -2.18. The van der Waals surface area contributed by atoms with E-state index < -0.39 is 0 Å². The molecule has 1 N–H and O–H groups in total. The van der Waals surface area contributed by atoms with E-state index in [4.69, 9.17) is 9.84 Å². The summed E-state index contributed by atoms with van der Waals surface area (Å²) < 4.78 is 5.48. The molecule has 0 unspecified atom stereocenters. The van der Waals surface area contributed by atoms with E-state index in [0.29, 0.717) is 11.5 Å². The molecule has 1 atom stereocenters. The van der Waals surface area contributed by atoms with E-state index in [0.717, 1.165) is 24.8 Å². The van der Waals surface area contributed by atoms with Gasteiger partial charge in [-0.25, -0.2) is 4.79 Å². The van der Waals surface area contributed by atoms with Gasteiger partial charge in [-0.15, -0.1) is 0 Å². The van der Waals surface area contributed by atoms with E-state index in [2.05, 4.69) is 25.7 Å². The number of esters is 1. The molecule has 0 saturated carbocycles. The summed E-state index contributed by atoms with van der Waals surface area (Å²) >= 11 is 0. The molecule has 21 heavy (non-hydrogen) atoms. The lowest BCUT2D eigenvalue weighted by Crippen LogP contribution is -2.18. The van der Waals surface area contributed by atoms with Crippen molar-refractivity contribution in [3.63, 3.8) is 0 Å². The fourth-order valence-corrected chi connectivity index (χ4v) is 2.22. The Kier molecular flexibility index (Phi) is 7.56. The van der Waals surface area contributed by atoms with Crippen LogP contribution in [-0.2, 0) is 4.74 Å². The van der Waals surface area contributed by atoms with Crippen molar-refractivity contribution in [2.24, 2.45) is 5.92 Å². The number of hydrogen-bond acceptors (Lipinski definition) is 3. The Hall–Kier alpha value is -1.79. The molecule has 0 aliphatic rings. The molecule has 0 aromatic heterocycles. The monoisotopic (exact) mass is 288 g/mol. The van der Waals surface area contributed by atoms with Gasteiger partial charge in [-0.1, -0.05) is 38.5 Å². The zero-order chi connectivity index (χ0) is 15.7. The average Bonchev–Trinajstić information content (AvgIpc) is 2.50. The first kappa shape index (κ1) is 17.3. The first-order valence-corrected chi connectivity index (χ1v) is 7.51. The van der Waals surface area contributed by atoms with Crippen LogP contribution in [0.2, 0.25) is 0 Å². The van der Waals surface area contributed by atoms with Crippen molar-refractivity contribution >= 4 is 5.97 Å². The highest BCUT2D eigenvalue weighted by Gasteiger charge is 2.15. The van der Waals surface area contributed by atoms with Gasteiger partial charge >= 0.3 is 5.97 Å². The van der Waals surface area contributed by atoms with Crippen LogP contribution < -0.4 is 0 Å². The first-order valence-electron chi connectivity index (χ1n) is 7.51. The number of aliphatic hydroxyl groups excluding tert-OH is 1. The van der Waals surface area contributed by atoms with Crippen LogP contribution >= 0.6 is 0 Å². The summed E-state index contributed by atoms with van der Waals surface area (Å²) in [5.74, 6) is 5.66. The van der Waals surface area contributed by atoms with Crippen LogP contribution in [0.25, 0.3) is 0 Å². The van der Waals surface area contributed by atoms with Crippen molar-refractivity contribution in [2.45, 2.75) is 46.1 Å². The van der Waals surface area contributed by atoms with Gasteiger partial charge in [0, 0.05) is 5.56 Å². The molecule has 3 nitrogen and oxygen atoms in total. The zero-order valence-electron chi connectivity index (χ0n) is 13.1. The number of rotatable bonds is 6. The largest absolute Gasteiger partial charge is 0.459 e.